The van der Waals surface area contributed by atoms with Crippen LogP contribution in [0.15, 0.2) is 72.8 Å². The van der Waals surface area contributed by atoms with Crippen molar-refractivity contribution in [1.82, 2.24) is 9.88 Å². The topological polar surface area (TPSA) is 70.6 Å². The number of imide groups is 1. The molecule has 0 bridgehead atoms. The molecule has 3 aromatic carbocycles. The Bertz CT molecular complexity index is 1520. The number of anilines is 1. The van der Waals surface area contributed by atoms with Crippen LogP contribution in [0.2, 0.25) is 0 Å². The largest absolute Gasteiger partial charge is 0.330 e. The fraction of sp³-hybridized carbons (Fsp3) is 0.312. The third kappa shape index (κ3) is 5.93. The minimum Gasteiger partial charge on any atom is -0.330 e. The molecule has 1 aliphatic heterocycles. The molecule has 0 N–H and O–H groups in total. The van der Waals surface area contributed by atoms with Crippen molar-refractivity contribution in [3.63, 3.8) is 0 Å². The highest BCUT2D eigenvalue weighted by Crippen LogP contribution is 2.33. The van der Waals surface area contributed by atoms with Gasteiger partial charge in [0.15, 0.2) is 0 Å². The van der Waals surface area contributed by atoms with Gasteiger partial charge in [0.25, 0.3) is 5.91 Å². The zero-order chi connectivity index (χ0) is 27.7. The zero-order valence-corrected chi connectivity index (χ0v) is 23.6. The molecule has 1 fully saturated rings. The first-order chi connectivity index (χ1) is 18.6. The lowest BCUT2D eigenvalue weighted by atomic mass is 9.91. The Balaban J connectivity index is 1.37. The summed E-state index contributed by atoms with van der Waals surface area (Å²) in [5.74, 6) is -0.743. The molecule has 1 unspecified atom stereocenters. The maximum absolute atomic E-state index is 13.6. The monoisotopic (exact) mass is 539 g/mol. The predicted octanol–water partition coefficient (Wildman–Crippen LogP) is 6.41. The lowest BCUT2D eigenvalue weighted by Gasteiger charge is -2.30. The first-order valence-electron chi connectivity index (χ1n) is 13.3. The maximum atomic E-state index is 13.6. The van der Waals surface area contributed by atoms with Gasteiger partial charge in [-0.15, -0.1) is 11.3 Å². The van der Waals surface area contributed by atoms with Gasteiger partial charge in [-0.2, -0.15) is 0 Å². The molecular weight excluding hydrogens is 506 g/mol. The minimum atomic E-state index is -0.803. The normalized spacial score (nSPS) is 15.8. The van der Waals surface area contributed by atoms with Crippen LogP contribution in [0.3, 0.4) is 0 Å². The molecule has 0 spiro atoms. The molecule has 1 saturated heterocycles. The molecule has 0 radical (unpaired) electrons. The van der Waals surface area contributed by atoms with Crippen LogP contribution in [-0.2, 0) is 20.8 Å². The number of carbonyl (C=O) groups is 3. The summed E-state index contributed by atoms with van der Waals surface area (Å²) in [5.41, 5.74) is 4.43. The molecule has 6 nitrogen and oxygen atoms in total. The van der Waals surface area contributed by atoms with Crippen molar-refractivity contribution in [3.8, 4) is 10.6 Å². The van der Waals surface area contributed by atoms with Crippen LogP contribution in [0.25, 0.3) is 20.8 Å². The van der Waals surface area contributed by atoms with E-state index in [-0.39, 0.29) is 29.6 Å². The van der Waals surface area contributed by atoms with Crippen molar-refractivity contribution in [2.45, 2.75) is 53.0 Å². The number of thiazole rings is 1. The van der Waals surface area contributed by atoms with Crippen molar-refractivity contribution in [3.05, 3.63) is 83.9 Å². The number of rotatable bonds is 7. The van der Waals surface area contributed by atoms with Gasteiger partial charge in [0.1, 0.15) is 11.0 Å². The molecule has 1 aliphatic rings. The highest BCUT2D eigenvalue weighted by molar-refractivity contribution is 7.21. The quantitative estimate of drug-likeness (QED) is 0.255. The number of benzene rings is 3. The molecule has 0 saturated carbocycles. The average molecular weight is 540 g/mol. The van der Waals surface area contributed by atoms with Crippen LogP contribution in [0.4, 0.5) is 5.69 Å². The first kappa shape index (κ1) is 26.8. The first-order valence-corrected chi connectivity index (χ1v) is 14.1. The third-order valence-corrected chi connectivity index (χ3v) is 7.97. The predicted molar refractivity (Wildman–Crippen MR) is 157 cm³/mol. The summed E-state index contributed by atoms with van der Waals surface area (Å²) in [6.07, 6.45) is 0.906. The number of aryl methyl sites for hydroxylation is 1. The summed E-state index contributed by atoms with van der Waals surface area (Å²) in [5, 5.41) is 0.888. The third-order valence-electron chi connectivity index (χ3n) is 6.90. The fourth-order valence-electron chi connectivity index (χ4n) is 4.94. The summed E-state index contributed by atoms with van der Waals surface area (Å²) in [7, 11) is 0. The van der Waals surface area contributed by atoms with E-state index in [9.17, 15) is 14.4 Å². The Morgan fingerprint density at radius 1 is 1.03 bits per heavy atom. The van der Waals surface area contributed by atoms with E-state index in [1.807, 2.05) is 75.4 Å². The van der Waals surface area contributed by atoms with Gasteiger partial charge in [0.2, 0.25) is 11.8 Å². The Kier molecular flexibility index (Phi) is 7.36. The Labute approximate surface area is 233 Å². The second kappa shape index (κ2) is 10.7. The van der Waals surface area contributed by atoms with Gasteiger partial charge >= 0.3 is 0 Å². The standard InChI is InChI=1S/C32H33N3O3S/c1-21-10-15-25-27(18-21)39-30(33-25)23-11-13-24(14-12-23)35-28(36)19-26(31(35)38)34(29(37)20-32(2,3)4)17-16-22-8-6-5-7-9-22/h5-15,18,26H,16-17,19-20H2,1-4H3. The minimum absolute atomic E-state index is 0.0114. The van der Waals surface area contributed by atoms with Crippen molar-refractivity contribution < 1.29 is 14.4 Å². The molecule has 2 heterocycles. The van der Waals surface area contributed by atoms with E-state index in [0.29, 0.717) is 25.1 Å². The number of amides is 3. The molecular formula is C32H33N3O3S. The van der Waals surface area contributed by atoms with Gasteiger partial charge in [-0.25, -0.2) is 9.88 Å². The van der Waals surface area contributed by atoms with Gasteiger partial charge in [-0.1, -0.05) is 57.2 Å². The molecule has 4 aromatic rings. The van der Waals surface area contributed by atoms with E-state index < -0.39 is 6.04 Å². The van der Waals surface area contributed by atoms with Gasteiger partial charge < -0.3 is 4.90 Å². The van der Waals surface area contributed by atoms with Crippen molar-refractivity contribution in [1.29, 1.82) is 0 Å². The lowest BCUT2D eigenvalue weighted by molar-refractivity contribution is -0.139. The molecule has 5 rings (SSSR count). The molecule has 3 amide bonds. The number of carbonyl (C=O) groups excluding carboxylic acids is 3. The highest BCUT2D eigenvalue weighted by Gasteiger charge is 2.44. The van der Waals surface area contributed by atoms with Crippen molar-refractivity contribution >= 4 is 45.0 Å². The summed E-state index contributed by atoms with van der Waals surface area (Å²) >= 11 is 1.62. The molecule has 7 heteroatoms. The van der Waals surface area contributed by atoms with E-state index >= 15 is 0 Å². The van der Waals surface area contributed by atoms with Crippen LogP contribution in [0.1, 0.15) is 44.7 Å². The molecule has 0 aliphatic carbocycles. The molecule has 1 aromatic heterocycles. The van der Waals surface area contributed by atoms with E-state index in [1.54, 1.807) is 28.4 Å². The highest BCUT2D eigenvalue weighted by atomic mass is 32.1. The van der Waals surface area contributed by atoms with Crippen LogP contribution >= 0.6 is 11.3 Å². The summed E-state index contributed by atoms with van der Waals surface area (Å²) in [6, 6.07) is 22.6. The Morgan fingerprint density at radius 2 is 1.74 bits per heavy atom. The number of fused-ring (bicyclic) bond motifs is 1. The molecule has 1 atom stereocenters. The van der Waals surface area contributed by atoms with Crippen molar-refractivity contribution in [2.75, 3.05) is 11.4 Å². The Morgan fingerprint density at radius 3 is 2.44 bits per heavy atom. The molecule has 39 heavy (non-hydrogen) atoms. The summed E-state index contributed by atoms with van der Waals surface area (Å²) in [4.78, 5) is 47.8. The zero-order valence-electron chi connectivity index (χ0n) is 22.8. The average Bonchev–Trinajstić information content (AvgIpc) is 3.43. The summed E-state index contributed by atoms with van der Waals surface area (Å²) < 4.78 is 1.12. The van der Waals surface area contributed by atoms with E-state index in [2.05, 4.69) is 13.0 Å². The number of hydrogen-bond donors (Lipinski definition) is 0. The number of nitrogens with zero attached hydrogens (tertiary/aromatic N) is 3. The number of aromatic nitrogens is 1. The Hall–Kier alpha value is -3.84. The second-order valence-electron chi connectivity index (χ2n) is 11.4. The summed E-state index contributed by atoms with van der Waals surface area (Å²) in [6.45, 7) is 8.45. The van der Waals surface area contributed by atoms with Crippen LogP contribution in [0, 0.1) is 12.3 Å². The van der Waals surface area contributed by atoms with E-state index in [1.165, 1.54) is 10.5 Å². The number of hydrogen-bond acceptors (Lipinski definition) is 5. The van der Waals surface area contributed by atoms with Crippen LogP contribution < -0.4 is 4.90 Å². The van der Waals surface area contributed by atoms with Crippen molar-refractivity contribution in [2.24, 2.45) is 5.41 Å². The second-order valence-corrected chi connectivity index (χ2v) is 12.4. The van der Waals surface area contributed by atoms with Gasteiger partial charge in [0.05, 0.1) is 22.3 Å². The fourth-order valence-corrected chi connectivity index (χ4v) is 6.01. The van der Waals surface area contributed by atoms with Crippen LogP contribution in [0.5, 0.6) is 0 Å². The van der Waals surface area contributed by atoms with Gasteiger partial charge in [-0.05, 0) is 66.3 Å². The van der Waals surface area contributed by atoms with E-state index in [0.717, 1.165) is 26.4 Å². The lowest BCUT2D eigenvalue weighted by Crippen LogP contribution is -2.47. The smallest absolute Gasteiger partial charge is 0.257 e. The van der Waals surface area contributed by atoms with Gasteiger partial charge in [-0.3, -0.25) is 14.4 Å². The molecule has 200 valence electrons. The SMILES string of the molecule is Cc1ccc2nc(-c3ccc(N4C(=O)CC(N(CCc5ccccc5)C(=O)CC(C)(C)C)C4=O)cc3)sc2c1. The van der Waals surface area contributed by atoms with E-state index in [4.69, 9.17) is 4.98 Å². The van der Waals surface area contributed by atoms with Gasteiger partial charge in [0, 0.05) is 18.5 Å². The maximum Gasteiger partial charge on any atom is 0.257 e. The van der Waals surface area contributed by atoms with Crippen LogP contribution in [-0.4, -0.2) is 40.2 Å².